The highest BCUT2D eigenvalue weighted by molar-refractivity contribution is 5.97. The molecule has 1 N–H and O–H groups in total. The summed E-state index contributed by atoms with van der Waals surface area (Å²) < 4.78 is 0. The van der Waals surface area contributed by atoms with Crippen LogP contribution < -0.4 is 10.4 Å². The maximum Gasteiger partial charge on any atom is 0.257 e. The highest BCUT2D eigenvalue weighted by Gasteiger charge is 2.35. The predicted molar refractivity (Wildman–Crippen MR) is 65.0 cm³/mol. The average molecular weight is 232 g/mol. The average Bonchev–Trinajstić information content (AvgIpc) is 2.52. The minimum Gasteiger partial charge on any atom is -0.293 e. The van der Waals surface area contributed by atoms with Crippen LogP contribution in [0.3, 0.4) is 0 Å². The number of nitrogens with one attached hydrogen (secondary N) is 1. The summed E-state index contributed by atoms with van der Waals surface area (Å²) >= 11 is 0. The zero-order chi connectivity index (χ0) is 12.6. The van der Waals surface area contributed by atoms with E-state index in [0.29, 0.717) is 11.6 Å². The third-order valence-corrected chi connectivity index (χ3v) is 2.77. The van der Waals surface area contributed by atoms with Crippen molar-refractivity contribution < 1.29 is 4.79 Å². The highest BCUT2D eigenvalue weighted by atomic mass is 16.2. The number of hydrogen-bond acceptors (Lipinski definition) is 4. The molecule has 0 aliphatic carbocycles. The second kappa shape index (κ2) is 4.16. The molecule has 0 unspecified atom stereocenters. The number of hydrogen-bond donors (Lipinski definition) is 1. The van der Waals surface area contributed by atoms with Gasteiger partial charge in [-0.05, 0) is 26.3 Å². The minimum atomic E-state index is -0.181. The molecule has 5 nitrogen and oxygen atoms in total. The first kappa shape index (κ1) is 11.6. The third kappa shape index (κ3) is 2.00. The molecule has 0 bridgehead atoms. The van der Waals surface area contributed by atoms with Crippen LogP contribution in [0.4, 0.5) is 5.95 Å². The number of amides is 1. The Labute approximate surface area is 101 Å². The van der Waals surface area contributed by atoms with Gasteiger partial charge in [-0.2, -0.15) is 5.01 Å². The lowest BCUT2D eigenvalue weighted by Gasteiger charge is -2.14. The Morgan fingerprint density at radius 2 is 2.00 bits per heavy atom. The molecule has 1 atom stereocenters. The first-order valence-electron chi connectivity index (χ1n) is 5.64. The molecule has 90 valence electrons. The van der Waals surface area contributed by atoms with E-state index in [2.05, 4.69) is 22.0 Å². The molecule has 1 saturated heterocycles. The van der Waals surface area contributed by atoms with Crippen molar-refractivity contribution >= 4 is 11.9 Å². The van der Waals surface area contributed by atoms with Gasteiger partial charge in [-0.25, -0.2) is 9.97 Å². The SMILES string of the molecule is C=C1NN(c2nc(C)cc(C)n2)C(=O)[C@H]1CC. The Hall–Kier alpha value is -1.91. The van der Waals surface area contributed by atoms with E-state index in [1.54, 1.807) is 0 Å². The summed E-state index contributed by atoms with van der Waals surface area (Å²) in [5.74, 6) is 0.173. The summed E-state index contributed by atoms with van der Waals surface area (Å²) in [5.41, 5.74) is 5.33. The van der Waals surface area contributed by atoms with Crippen molar-refractivity contribution in [2.24, 2.45) is 5.92 Å². The fourth-order valence-corrected chi connectivity index (χ4v) is 1.96. The molecule has 1 aromatic heterocycles. The first-order valence-corrected chi connectivity index (χ1v) is 5.64. The largest absolute Gasteiger partial charge is 0.293 e. The molecule has 1 aliphatic rings. The lowest BCUT2D eigenvalue weighted by atomic mass is 10.1. The molecule has 1 amide bonds. The molecule has 0 radical (unpaired) electrons. The van der Waals surface area contributed by atoms with Gasteiger partial charge in [0.15, 0.2) is 0 Å². The van der Waals surface area contributed by atoms with Gasteiger partial charge in [0.2, 0.25) is 0 Å². The number of aromatic nitrogens is 2. The summed E-state index contributed by atoms with van der Waals surface area (Å²) in [6, 6.07) is 1.87. The van der Waals surface area contributed by atoms with Gasteiger partial charge in [-0.15, -0.1) is 0 Å². The summed E-state index contributed by atoms with van der Waals surface area (Å²) in [6.45, 7) is 9.57. The molecule has 1 aromatic rings. The fraction of sp³-hybridized carbons (Fsp3) is 0.417. The fourth-order valence-electron chi connectivity index (χ4n) is 1.96. The van der Waals surface area contributed by atoms with Crippen molar-refractivity contribution in [1.82, 2.24) is 15.4 Å². The van der Waals surface area contributed by atoms with Gasteiger partial charge in [0.1, 0.15) is 0 Å². The molecule has 0 spiro atoms. The van der Waals surface area contributed by atoms with Crippen molar-refractivity contribution in [1.29, 1.82) is 0 Å². The van der Waals surface area contributed by atoms with E-state index in [4.69, 9.17) is 0 Å². The van der Waals surface area contributed by atoms with E-state index >= 15 is 0 Å². The number of nitrogens with zero attached hydrogens (tertiary/aromatic N) is 3. The Balaban J connectivity index is 2.35. The van der Waals surface area contributed by atoms with Crippen LogP contribution in [-0.2, 0) is 4.79 Å². The van der Waals surface area contributed by atoms with Crippen LogP contribution in [0.2, 0.25) is 0 Å². The molecule has 0 saturated carbocycles. The van der Waals surface area contributed by atoms with Gasteiger partial charge in [-0.1, -0.05) is 13.5 Å². The van der Waals surface area contributed by atoms with Gasteiger partial charge in [0, 0.05) is 17.1 Å². The van der Waals surface area contributed by atoms with Gasteiger partial charge in [0.05, 0.1) is 5.92 Å². The molecule has 17 heavy (non-hydrogen) atoms. The smallest absolute Gasteiger partial charge is 0.257 e. The number of anilines is 1. The second-order valence-electron chi connectivity index (χ2n) is 4.22. The van der Waals surface area contributed by atoms with Crippen molar-refractivity contribution in [2.45, 2.75) is 27.2 Å². The van der Waals surface area contributed by atoms with Crippen LogP contribution in [0.1, 0.15) is 24.7 Å². The Morgan fingerprint density at radius 3 is 2.47 bits per heavy atom. The van der Waals surface area contributed by atoms with Crippen LogP contribution >= 0.6 is 0 Å². The minimum absolute atomic E-state index is 0.0394. The van der Waals surface area contributed by atoms with Gasteiger partial charge >= 0.3 is 0 Å². The number of aryl methyl sites for hydroxylation is 2. The standard InChI is InChI=1S/C12H16N4O/c1-5-10-9(4)15-16(11(10)17)12-13-7(2)6-8(3)14-12/h6,10,15H,4-5H2,1-3H3/t10-/m0/s1. The summed E-state index contributed by atoms with van der Waals surface area (Å²) in [6.07, 6.45) is 0.728. The maximum atomic E-state index is 12.1. The third-order valence-electron chi connectivity index (χ3n) is 2.77. The molecule has 2 rings (SSSR count). The van der Waals surface area contributed by atoms with Crippen LogP contribution in [-0.4, -0.2) is 15.9 Å². The van der Waals surface area contributed by atoms with Gasteiger partial charge in [-0.3, -0.25) is 10.2 Å². The zero-order valence-electron chi connectivity index (χ0n) is 10.3. The first-order chi connectivity index (χ1) is 8.02. The van der Waals surface area contributed by atoms with Crippen molar-refractivity contribution in [2.75, 3.05) is 5.01 Å². The van der Waals surface area contributed by atoms with Gasteiger partial charge in [0.25, 0.3) is 11.9 Å². The number of carbonyl (C=O) groups is 1. The molecule has 2 heterocycles. The predicted octanol–water partition coefficient (Wildman–Crippen LogP) is 1.48. The monoisotopic (exact) mass is 232 g/mol. The van der Waals surface area contributed by atoms with Crippen molar-refractivity contribution in [3.63, 3.8) is 0 Å². The summed E-state index contributed by atoms with van der Waals surface area (Å²) in [5, 5.41) is 1.39. The number of carbonyl (C=O) groups excluding carboxylic acids is 1. The van der Waals surface area contributed by atoms with E-state index in [9.17, 15) is 4.79 Å². The number of hydrazine groups is 1. The van der Waals surface area contributed by atoms with Crippen LogP contribution in [0.25, 0.3) is 0 Å². The van der Waals surface area contributed by atoms with E-state index in [0.717, 1.165) is 17.8 Å². The van der Waals surface area contributed by atoms with E-state index < -0.39 is 0 Å². The zero-order valence-corrected chi connectivity index (χ0v) is 10.3. The van der Waals surface area contributed by atoms with Crippen molar-refractivity contribution in [3.05, 3.63) is 29.7 Å². The molecule has 5 heteroatoms. The van der Waals surface area contributed by atoms with Gasteiger partial charge < -0.3 is 0 Å². The van der Waals surface area contributed by atoms with E-state index in [1.165, 1.54) is 5.01 Å². The Kier molecular flexibility index (Phi) is 2.83. The summed E-state index contributed by atoms with van der Waals surface area (Å²) in [4.78, 5) is 20.6. The van der Waals surface area contributed by atoms with Crippen LogP contribution in [0.15, 0.2) is 18.3 Å². The molecule has 1 aliphatic heterocycles. The summed E-state index contributed by atoms with van der Waals surface area (Å²) in [7, 11) is 0. The Bertz CT molecular complexity index is 463. The van der Waals surface area contributed by atoms with Crippen molar-refractivity contribution in [3.8, 4) is 0 Å². The van der Waals surface area contributed by atoms with Crippen LogP contribution in [0, 0.1) is 19.8 Å². The lowest BCUT2D eigenvalue weighted by Crippen LogP contribution is -2.36. The quantitative estimate of drug-likeness (QED) is 0.839. The molecular formula is C12H16N4O. The molecule has 0 aromatic carbocycles. The number of rotatable bonds is 2. The van der Waals surface area contributed by atoms with E-state index in [1.807, 2.05) is 26.8 Å². The maximum absolute atomic E-state index is 12.1. The molecular weight excluding hydrogens is 216 g/mol. The lowest BCUT2D eigenvalue weighted by molar-refractivity contribution is -0.120. The highest BCUT2D eigenvalue weighted by Crippen LogP contribution is 2.24. The second-order valence-corrected chi connectivity index (χ2v) is 4.22. The van der Waals surface area contributed by atoms with Crippen LogP contribution in [0.5, 0.6) is 0 Å². The van der Waals surface area contributed by atoms with E-state index in [-0.39, 0.29) is 11.8 Å². The Morgan fingerprint density at radius 1 is 1.41 bits per heavy atom. The normalized spacial score (nSPS) is 19.7. The molecule has 1 fully saturated rings. The topological polar surface area (TPSA) is 58.1 Å².